The Bertz CT molecular complexity index is 517. The van der Waals surface area contributed by atoms with Gasteiger partial charge in [-0.1, -0.05) is 18.2 Å². The summed E-state index contributed by atoms with van der Waals surface area (Å²) in [5.74, 6) is 7.04. The molecule has 1 fully saturated rings. The van der Waals surface area contributed by atoms with E-state index in [0.29, 0.717) is 11.3 Å². The van der Waals surface area contributed by atoms with Crippen molar-refractivity contribution < 1.29 is 0 Å². The van der Waals surface area contributed by atoms with Gasteiger partial charge in [-0.05, 0) is 47.4 Å². The van der Waals surface area contributed by atoms with Crippen LogP contribution in [0.15, 0.2) is 29.6 Å². The second-order valence-corrected chi connectivity index (χ2v) is 7.04. The summed E-state index contributed by atoms with van der Waals surface area (Å²) >= 11 is 3.90. The smallest absolute Gasteiger partial charge is 0.0370 e. The van der Waals surface area contributed by atoms with E-state index in [-0.39, 0.29) is 0 Å². The number of nitrogens with one attached hydrogen (secondary N) is 1. The molecule has 3 N–H and O–H groups in total. The topological polar surface area (TPSA) is 38.0 Å². The first kappa shape index (κ1) is 12.5. The van der Waals surface area contributed by atoms with Crippen molar-refractivity contribution in [2.45, 2.75) is 30.6 Å². The molecule has 1 aliphatic heterocycles. The van der Waals surface area contributed by atoms with Gasteiger partial charge in [0, 0.05) is 16.0 Å². The van der Waals surface area contributed by atoms with Gasteiger partial charge in [-0.25, -0.2) is 0 Å². The summed E-state index contributed by atoms with van der Waals surface area (Å²) in [6, 6.07) is 9.03. The summed E-state index contributed by atoms with van der Waals surface area (Å²) < 4.78 is 1.38. The van der Waals surface area contributed by atoms with Gasteiger partial charge < -0.3 is 0 Å². The van der Waals surface area contributed by atoms with Crippen LogP contribution < -0.4 is 11.3 Å². The fourth-order valence-corrected chi connectivity index (χ4v) is 5.00. The minimum absolute atomic E-state index is 0.399. The largest absolute Gasteiger partial charge is 0.271 e. The standard InChI is InChI=1S/C14H18N2S2/c15-16-12(14-6-3-7-17-14)8-10-9-18-13-5-2-1-4-11(10)13/h1-2,4-5,9,12,14,16H,3,6-8,15H2. The highest BCUT2D eigenvalue weighted by Crippen LogP contribution is 2.32. The van der Waals surface area contributed by atoms with Crippen LogP contribution in [-0.2, 0) is 6.42 Å². The number of hydrogen-bond acceptors (Lipinski definition) is 4. The monoisotopic (exact) mass is 278 g/mol. The summed E-state index contributed by atoms with van der Waals surface area (Å²) in [5, 5.41) is 4.36. The zero-order chi connectivity index (χ0) is 12.4. The Kier molecular flexibility index (Phi) is 3.89. The number of thiophene rings is 1. The number of hydrogen-bond donors (Lipinski definition) is 2. The van der Waals surface area contributed by atoms with Crippen LogP contribution in [0.4, 0.5) is 0 Å². The highest BCUT2D eigenvalue weighted by atomic mass is 32.2. The van der Waals surface area contributed by atoms with Gasteiger partial charge in [0.1, 0.15) is 0 Å². The molecule has 1 aliphatic rings. The SMILES string of the molecule is NNC(Cc1csc2ccccc12)C1CCCS1. The zero-order valence-electron chi connectivity index (χ0n) is 10.3. The maximum absolute atomic E-state index is 5.75. The summed E-state index contributed by atoms with van der Waals surface area (Å²) in [6.45, 7) is 0. The predicted octanol–water partition coefficient (Wildman–Crippen LogP) is 3.17. The lowest BCUT2D eigenvalue weighted by molar-refractivity contribution is 0.497. The summed E-state index contributed by atoms with van der Waals surface area (Å²) in [5.41, 5.74) is 4.47. The minimum atomic E-state index is 0.399. The van der Waals surface area contributed by atoms with E-state index >= 15 is 0 Å². The molecule has 96 valence electrons. The third kappa shape index (κ3) is 2.43. The number of rotatable bonds is 4. The van der Waals surface area contributed by atoms with Gasteiger partial charge in [0.05, 0.1) is 0 Å². The van der Waals surface area contributed by atoms with Crippen LogP contribution in [0.5, 0.6) is 0 Å². The average molecular weight is 278 g/mol. The number of hydrazine groups is 1. The molecule has 1 aromatic heterocycles. The van der Waals surface area contributed by atoms with Gasteiger partial charge in [0.2, 0.25) is 0 Å². The summed E-state index contributed by atoms with van der Waals surface area (Å²) in [4.78, 5) is 0. The molecule has 2 aromatic rings. The molecule has 0 spiro atoms. The van der Waals surface area contributed by atoms with Crippen molar-refractivity contribution >= 4 is 33.2 Å². The van der Waals surface area contributed by atoms with E-state index in [1.54, 1.807) is 0 Å². The molecule has 2 atom stereocenters. The van der Waals surface area contributed by atoms with Crippen molar-refractivity contribution in [2.75, 3.05) is 5.75 Å². The van der Waals surface area contributed by atoms with Crippen molar-refractivity contribution in [2.24, 2.45) is 5.84 Å². The molecule has 18 heavy (non-hydrogen) atoms. The number of thioether (sulfide) groups is 1. The van der Waals surface area contributed by atoms with Gasteiger partial charge in [0.15, 0.2) is 0 Å². The molecule has 0 saturated carbocycles. The van der Waals surface area contributed by atoms with Crippen LogP contribution in [0.2, 0.25) is 0 Å². The molecule has 2 heterocycles. The lowest BCUT2D eigenvalue weighted by Gasteiger charge is -2.21. The molecule has 0 amide bonds. The highest BCUT2D eigenvalue weighted by Gasteiger charge is 2.25. The fraction of sp³-hybridized carbons (Fsp3) is 0.429. The summed E-state index contributed by atoms with van der Waals surface area (Å²) in [7, 11) is 0. The van der Waals surface area contributed by atoms with Crippen molar-refractivity contribution in [1.29, 1.82) is 0 Å². The third-order valence-electron chi connectivity index (χ3n) is 3.63. The van der Waals surface area contributed by atoms with E-state index in [0.717, 1.165) is 6.42 Å². The van der Waals surface area contributed by atoms with E-state index < -0.39 is 0 Å². The molecule has 1 aromatic carbocycles. The quantitative estimate of drug-likeness (QED) is 0.666. The maximum atomic E-state index is 5.75. The van der Waals surface area contributed by atoms with Crippen LogP contribution >= 0.6 is 23.1 Å². The highest BCUT2D eigenvalue weighted by molar-refractivity contribution is 8.00. The Morgan fingerprint density at radius 3 is 3.06 bits per heavy atom. The minimum Gasteiger partial charge on any atom is -0.271 e. The van der Waals surface area contributed by atoms with Crippen LogP contribution in [0.1, 0.15) is 18.4 Å². The molecular formula is C14H18N2S2. The molecule has 0 radical (unpaired) electrons. The van der Waals surface area contributed by atoms with Gasteiger partial charge in [-0.3, -0.25) is 11.3 Å². The van der Waals surface area contributed by atoms with Crippen molar-refractivity contribution in [3.63, 3.8) is 0 Å². The summed E-state index contributed by atoms with van der Waals surface area (Å²) in [6.07, 6.45) is 3.66. The molecule has 0 bridgehead atoms. The first-order chi connectivity index (χ1) is 8.88. The Hall–Kier alpha value is -0.550. The van der Waals surface area contributed by atoms with Crippen molar-refractivity contribution in [3.8, 4) is 0 Å². The Labute approximate surface area is 116 Å². The average Bonchev–Trinajstić information content (AvgIpc) is 3.06. The lowest BCUT2D eigenvalue weighted by Crippen LogP contribution is -2.43. The third-order valence-corrected chi connectivity index (χ3v) is 6.16. The molecule has 2 nitrogen and oxygen atoms in total. The molecule has 4 heteroatoms. The van der Waals surface area contributed by atoms with Gasteiger partial charge in [-0.15, -0.1) is 11.3 Å². The second-order valence-electron chi connectivity index (χ2n) is 4.79. The normalized spacial score (nSPS) is 21.5. The fourth-order valence-electron chi connectivity index (χ4n) is 2.65. The molecular weight excluding hydrogens is 260 g/mol. The molecule has 3 rings (SSSR count). The van der Waals surface area contributed by atoms with Crippen LogP contribution in [0, 0.1) is 0 Å². The van der Waals surface area contributed by atoms with Gasteiger partial charge in [-0.2, -0.15) is 11.8 Å². The maximum Gasteiger partial charge on any atom is 0.0370 e. The number of benzene rings is 1. The lowest BCUT2D eigenvalue weighted by atomic mass is 10.0. The van der Waals surface area contributed by atoms with Crippen LogP contribution in [0.25, 0.3) is 10.1 Å². The van der Waals surface area contributed by atoms with Crippen LogP contribution in [0.3, 0.4) is 0 Å². The molecule has 1 saturated heterocycles. The van der Waals surface area contributed by atoms with Crippen molar-refractivity contribution in [3.05, 3.63) is 35.2 Å². The van der Waals surface area contributed by atoms with Gasteiger partial charge in [0.25, 0.3) is 0 Å². The number of nitrogens with two attached hydrogens (primary N) is 1. The van der Waals surface area contributed by atoms with E-state index in [1.807, 2.05) is 11.3 Å². The molecule has 0 aliphatic carbocycles. The van der Waals surface area contributed by atoms with Gasteiger partial charge >= 0.3 is 0 Å². The van der Waals surface area contributed by atoms with E-state index in [1.165, 1.54) is 34.2 Å². The predicted molar refractivity (Wildman–Crippen MR) is 82.1 cm³/mol. The van der Waals surface area contributed by atoms with Crippen LogP contribution in [-0.4, -0.2) is 17.0 Å². The van der Waals surface area contributed by atoms with E-state index in [4.69, 9.17) is 5.84 Å². The zero-order valence-corrected chi connectivity index (χ0v) is 11.9. The Balaban J connectivity index is 1.81. The first-order valence-electron chi connectivity index (χ1n) is 6.41. The number of fused-ring (bicyclic) bond motifs is 1. The van der Waals surface area contributed by atoms with E-state index in [2.05, 4.69) is 46.8 Å². The second kappa shape index (κ2) is 5.61. The first-order valence-corrected chi connectivity index (χ1v) is 8.34. The van der Waals surface area contributed by atoms with E-state index in [9.17, 15) is 0 Å². The molecule has 2 unspecified atom stereocenters. The Morgan fingerprint density at radius 1 is 1.39 bits per heavy atom. The van der Waals surface area contributed by atoms with Crippen molar-refractivity contribution in [1.82, 2.24) is 5.43 Å². The Morgan fingerprint density at radius 2 is 2.28 bits per heavy atom.